The Bertz CT molecular complexity index is 697. The van der Waals surface area contributed by atoms with Crippen LogP contribution in [0.25, 0.3) is 5.69 Å². The van der Waals surface area contributed by atoms with Crippen molar-refractivity contribution in [2.24, 2.45) is 17.8 Å². The normalized spacial score (nSPS) is 26.5. The number of nitrogens with one attached hydrogen (secondary N) is 1. The first-order valence-corrected chi connectivity index (χ1v) is 8.80. The van der Waals surface area contributed by atoms with Gasteiger partial charge >= 0.3 is 0 Å². The van der Waals surface area contributed by atoms with Crippen LogP contribution in [0.15, 0.2) is 30.6 Å². The van der Waals surface area contributed by atoms with Crippen LogP contribution in [-0.4, -0.2) is 32.2 Å². The number of tetrazole rings is 1. The topological polar surface area (TPSA) is 72.7 Å². The largest absolute Gasteiger partial charge is 0.353 e. The molecule has 126 valence electrons. The lowest BCUT2D eigenvalue weighted by atomic mass is 9.84. The third-order valence-electron chi connectivity index (χ3n) is 5.74. The summed E-state index contributed by atoms with van der Waals surface area (Å²) < 4.78 is 1.60. The van der Waals surface area contributed by atoms with Gasteiger partial charge in [0.15, 0.2) is 0 Å². The Kier molecular flexibility index (Phi) is 4.04. The van der Waals surface area contributed by atoms with E-state index >= 15 is 0 Å². The molecule has 2 aromatic rings. The monoisotopic (exact) mass is 325 g/mol. The lowest BCUT2D eigenvalue weighted by Crippen LogP contribution is -2.40. The quantitative estimate of drug-likeness (QED) is 0.914. The Hall–Kier alpha value is -2.24. The molecule has 6 nitrogen and oxygen atoms in total. The summed E-state index contributed by atoms with van der Waals surface area (Å²) in [4.78, 5) is 12.4. The van der Waals surface area contributed by atoms with Gasteiger partial charge in [-0.15, -0.1) is 5.10 Å². The highest BCUT2D eigenvalue weighted by Gasteiger charge is 2.42. The zero-order valence-electron chi connectivity index (χ0n) is 13.9. The number of fused-ring (bicyclic) bond motifs is 2. The third kappa shape index (κ3) is 3.05. The summed E-state index contributed by atoms with van der Waals surface area (Å²) in [5, 5.41) is 14.3. The highest BCUT2D eigenvalue weighted by atomic mass is 16.1. The van der Waals surface area contributed by atoms with Crippen molar-refractivity contribution in [2.45, 2.75) is 45.1 Å². The fourth-order valence-corrected chi connectivity index (χ4v) is 4.55. The van der Waals surface area contributed by atoms with Gasteiger partial charge in [0.1, 0.15) is 6.33 Å². The first kappa shape index (κ1) is 15.3. The second-order valence-corrected chi connectivity index (χ2v) is 7.29. The van der Waals surface area contributed by atoms with Crippen LogP contribution in [0.4, 0.5) is 0 Å². The van der Waals surface area contributed by atoms with E-state index in [0.29, 0.717) is 12.3 Å². The van der Waals surface area contributed by atoms with Gasteiger partial charge in [0.05, 0.1) is 12.1 Å². The molecule has 2 saturated carbocycles. The van der Waals surface area contributed by atoms with E-state index in [0.717, 1.165) is 23.1 Å². The van der Waals surface area contributed by atoms with Gasteiger partial charge in [0.25, 0.3) is 0 Å². The molecule has 1 N–H and O–H groups in total. The van der Waals surface area contributed by atoms with Crippen LogP contribution in [0.1, 0.15) is 38.2 Å². The van der Waals surface area contributed by atoms with Crippen molar-refractivity contribution >= 4 is 5.91 Å². The SMILES string of the molecule is C[C@@H](NC(=O)Cc1ccc(-n2cnnn2)cc1)[C@H]1C[C@H]2CC[C@H]1C2. The number of hydrogen-bond donors (Lipinski definition) is 1. The van der Waals surface area contributed by atoms with Crippen LogP contribution in [0.5, 0.6) is 0 Å². The fourth-order valence-electron chi connectivity index (χ4n) is 4.55. The first-order chi connectivity index (χ1) is 11.7. The molecule has 1 amide bonds. The van der Waals surface area contributed by atoms with Crippen molar-refractivity contribution in [3.63, 3.8) is 0 Å². The summed E-state index contributed by atoms with van der Waals surface area (Å²) in [6, 6.07) is 8.06. The van der Waals surface area contributed by atoms with Gasteiger partial charge in [-0.2, -0.15) is 0 Å². The zero-order valence-corrected chi connectivity index (χ0v) is 13.9. The van der Waals surface area contributed by atoms with Gasteiger partial charge < -0.3 is 5.32 Å². The molecule has 0 saturated heterocycles. The number of hydrogen-bond acceptors (Lipinski definition) is 4. The van der Waals surface area contributed by atoms with E-state index in [1.165, 1.54) is 25.7 Å². The van der Waals surface area contributed by atoms with Crippen molar-refractivity contribution in [3.05, 3.63) is 36.2 Å². The van der Waals surface area contributed by atoms with Gasteiger partial charge in [0, 0.05) is 6.04 Å². The average molecular weight is 325 g/mol. The molecule has 0 unspecified atom stereocenters. The number of amides is 1. The van der Waals surface area contributed by atoms with Gasteiger partial charge in [0.2, 0.25) is 5.91 Å². The average Bonchev–Trinajstić information content (AvgIpc) is 3.33. The molecule has 2 aliphatic carbocycles. The Morgan fingerprint density at radius 1 is 1.29 bits per heavy atom. The first-order valence-electron chi connectivity index (χ1n) is 8.80. The van der Waals surface area contributed by atoms with E-state index in [9.17, 15) is 4.79 Å². The van der Waals surface area contributed by atoms with Crippen LogP contribution in [0.2, 0.25) is 0 Å². The molecule has 4 atom stereocenters. The second-order valence-electron chi connectivity index (χ2n) is 7.29. The van der Waals surface area contributed by atoms with Crippen LogP contribution in [-0.2, 0) is 11.2 Å². The predicted octanol–water partition coefficient (Wildman–Crippen LogP) is 2.15. The van der Waals surface area contributed by atoms with Gasteiger partial charge in [-0.25, -0.2) is 4.68 Å². The summed E-state index contributed by atoms with van der Waals surface area (Å²) in [6.07, 6.45) is 7.40. The summed E-state index contributed by atoms with van der Waals surface area (Å²) in [7, 11) is 0. The summed E-state index contributed by atoms with van der Waals surface area (Å²) >= 11 is 0. The molecule has 2 aliphatic rings. The molecule has 4 rings (SSSR count). The van der Waals surface area contributed by atoms with E-state index in [1.807, 2.05) is 24.3 Å². The van der Waals surface area contributed by atoms with E-state index in [1.54, 1.807) is 11.0 Å². The number of nitrogens with zero attached hydrogens (tertiary/aromatic N) is 4. The van der Waals surface area contributed by atoms with Crippen molar-refractivity contribution in [2.75, 3.05) is 0 Å². The maximum atomic E-state index is 12.4. The smallest absolute Gasteiger partial charge is 0.224 e. The summed E-state index contributed by atoms with van der Waals surface area (Å²) in [5.74, 6) is 2.54. The Morgan fingerprint density at radius 3 is 2.75 bits per heavy atom. The van der Waals surface area contributed by atoms with Crippen LogP contribution in [0.3, 0.4) is 0 Å². The van der Waals surface area contributed by atoms with E-state index < -0.39 is 0 Å². The van der Waals surface area contributed by atoms with Crippen molar-refractivity contribution in [3.8, 4) is 5.69 Å². The molecule has 6 heteroatoms. The fraction of sp³-hybridized carbons (Fsp3) is 0.556. The maximum Gasteiger partial charge on any atom is 0.224 e. The Balaban J connectivity index is 1.32. The zero-order chi connectivity index (χ0) is 16.5. The summed E-state index contributed by atoms with van der Waals surface area (Å²) in [6.45, 7) is 2.17. The highest BCUT2D eigenvalue weighted by Crippen LogP contribution is 2.49. The van der Waals surface area contributed by atoms with Gasteiger partial charge in [-0.3, -0.25) is 4.79 Å². The van der Waals surface area contributed by atoms with E-state index in [4.69, 9.17) is 0 Å². The van der Waals surface area contributed by atoms with Crippen LogP contribution < -0.4 is 5.32 Å². The van der Waals surface area contributed by atoms with Gasteiger partial charge in [-0.1, -0.05) is 18.6 Å². The molecule has 1 aromatic heterocycles. The maximum absolute atomic E-state index is 12.4. The van der Waals surface area contributed by atoms with E-state index in [-0.39, 0.29) is 11.9 Å². The molecule has 2 fully saturated rings. The minimum absolute atomic E-state index is 0.112. The van der Waals surface area contributed by atoms with E-state index in [2.05, 4.69) is 27.8 Å². The minimum atomic E-state index is 0.112. The molecule has 1 heterocycles. The predicted molar refractivity (Wildman–Crippen MR) is 89.4 cm³/mol. The molecule has 2 bridgehead atoms. The molecule has 0 aliphatic heterocycles. The Morgan fingerprint density at radius 2 is 2.12 bits per heavy atom. The Labute approximate surface area is 141 Å². The number of rotatable bonds is 5. The summed E-state index contributed by atoms with van der Waals surface area (Å²) in [5.41, 5.74) is 1.89. The molecule has 1 aromatic carbocycles. The number of carbonyl (C=O) groups is 1. The number of aromatic nitrogens is 4. The molecular formula is C18H23N5O. The minimum Gasteiger partial charge on any atom is -0.353 e. The van der Waals surface area contributed by atoms with Crippen LogP contribution in [0, 0.1) is 17.8 Å². The van der Waals surface area contributed by atoms with Crippen molar-refractivity contribution in [1.82, 2.24) is 25.5 Å². The van der Waals surface area contributed by atoms with Crippen molar-refractivity contribution in [1.29, 1.82) is 0 Å². The van der Waals surface area contributed by atoms with Crippen LogP contribution >= 0.6 is 0 Å². The standard InChI is InChI=1S/C18H23N5O/c1-12(17-9-14-2-5-15(17)8-14)20-18(24)10-13-3-6-16(7-4-13)23-11-19-21-22-23/h3-4,6-7,11-12,14-15,17H,2,5,8-10H2,1H3,(H,20,24)/t12-,14+,15+,17-/m1/s1. The molecular weight excluding hydrogens is 302 g/mol. The molecule has 24 heavy (non-hydrogen) atoms. The second kappa shape index (κ2) is 6.34. The van der Waals surface area contributed by atoms with Gasteiger partial charge in [-0.05, 0) is 72.1 Å². The lowest BCUT2D eigenvalue weighted by molar-refractivity contribution is -0.121. The number of benzene rings is 1. The number of carbonyl (C=O) groups excluding carboxylic acids is 1. The van der Waals surface area contributed by atoms with Crippen molar-refractivity contribution < 1.29 is 4.79 Å². The molecule has 0 spiro atoms. The lowest BCUT2D eigenvalue weighted by Gasteiger charge is -2.28. The molecule has 0 radical (unpaired) electrons. The highest BCUT2D eigenvalue weighted by molar-refractivity contribution is 5.78. The third-order valence-corrected chi connectivity index (χ3v) is 5.74.